The van der Waals surface area contributed by atoms with Gasteiger partial charge in [-0.05, 0) is 31.5 Å². The lowest BCUT2D eigenvalue weighted by atomic mass is 10.1. The minimum Gasteiger partial charge on any atom is -0.497 e. The van der Waals surface area contributed by atoms with Crippen molar-refractivity contribution in [3.05, 3.63) is 29.8 Å². The minimum absolute atomic E-state index is 0.234. The zero-order valence-corrected chi connectivity index (χ0v) is 11.3. The van der Waals surface area contributed by atoms with Crippen molar-refractivity contribution in [1.82, 2.24) is 5.32 Å². The molecule has 0 spiro atoms. The number of ether oxygens (including phenoxy) is 2. The summed E-state index contributed by atoms with van der Waals surface area (Å²) in [6, 6.07) is 7.68. The standard InChI is InChI=1S/C14H23NO3/c1-4-18-10-11(2)15-9-14(16)12-5-7-13(17-3)8-6-12/h5-8,11,14-16H,4,9-10H2,1-3H3. The van der Waals surface area contributed by atoms with Crippen LogP contribution in [0.15, 0.2) is 24.3 Å². The molecule has 0 saturated carbocycles. The van der Waals surface area contributed by atoms with Crippen molar-refractivity contribution >= 4 is 0 Å². The molecule has 0 aliphatic heterocycles. The third kappa shape index (κ3) is 5.04. The highest BCUT2D eigenvalue weighted by atomic mass is 16.5. The van der Waals surface area contributed by atoms with Gasteiger partial charge in [-0.1, -0.05) is 12.1 Å². The highest BCUT2D eigenvalue weighted by Crippen LogP contribution is 2.16. The van der Waals surface area contributed by atoms with Gasteiger partial charge in [-0.15, -0.1) is 0 Å². The Bertz CT molecular complexity index is 326. The van der Waals surface area contributed by atoms with E-state index in [1.165, 1.54) is 0 Å². The van der Waals surface area contributed by atoms with Crippen molar-refractivity contribution in [2.45, 2.75) is 26.0 Å². The summed E-state index contributed by atoms with van der Waals surface area (Å²) in [6.07, 6.45) is -0.514. The summed E-state index contributed by atoms with van der Waals surface area (Å²) in [4.78, 5) is 0. The predicted octanol–water partition coefficient (Wildman–Crippen LogP) is 1.74. The van der Waals surface area contributed by atoms with Crippen molar-refractivity contribution < 1.29 is 14.6 Å². The predicted molar refractivity (Wildman–Crippen MR) is 71.9 cm³/mol. The second kappa shape index (κ2) is 8.08. The van der Waals surface area contributed by atoms with Gasteiger partial charge in [0.1, 0.15) is 5.75 Å². The smallest absolute Gasteiger partial charge is 0.118 e. The second-order valence-corrected chi connectivity index (χ2v) is 4.26. The van der Waals surface area contributed by atoms with Crippen LogP contribution in [0.5, 0.6) is 5.75 Å². The molecule has 1 aromatic rings. The van der Waals surface area contributed by atoms with Gasteiger partial charge in [0, 0.05) is 19.2 Å². The summed E-state index contributed by atoms with van der Waals surface area (Å²) >= 11 is 0. The lowest BCUT2D eigenvalue weighted by Gasteiger charge is -2.17. The van der Waals surface area contributed by atoms with Gasteiger partial charge in [0.05, 0.1) is 19.8 Å². The summed E-state index contributed by atoms with van der Waals surface area (Å²) < 4.78 is 10.4. The maximum atomic E-state index is 10.0. The van der Waals surface area contributed by atoms with E-state index in [9.17, 15) is 5.11 Å². The van der Waals surface area contributed by atoms with E-state index in [2.05, 4.69) is 5.32 Å². The lowest BCUT2D eigenvalue weighted by Crippen LogP contribution is -2.33. The van der Waals surface area contributed by atoms with E-state index in [1.807, 2.05) is 38.1 Å². The molecule has 0 amide bonds. The zero-order chi connectivity index (χ0) is 13.4. The number of hydrogen-bond donors (Lipinski definition) is 2. The molecule has 0 radical (unpaired) electrons. The highest BCUT2D eigenvalue weighted by molar-refractivity contribution is 5.28. The normalized spacial score (nSPS) is 14.2. The van der Waals surface area contributed by atoms with Crippen LogP contribution in [0.4, 0.5) is 0 Å². The maximum absolute atomic E-state index is 10.0. The number of methoxy groups -OCH3 is 1. The molecule has 2 unspecified atom stereocenters. The largest absolute Gasteiger partial charge is 0.497 e. The first kappa shape index (κ1) is 15.0. The number of hydrogen-bond acceptors (Lipinski definition) is 4. The van der Waals surface area contributed by atoms with Crippen molar-refractivity contribution in [1.29, 1.82) is 0 Å². The van der Waals surface area contributed by atoms with E-state index in [0.29, 0.717) is 19.8 Å². The quantitative estimate of drug-likeness (QED) is 0.741. The van der Waals surface area contributed by atoms with Gasteiger partial charge in [-0.3, -0.25) is 0 Å². The number of rotatable bonds is 8. The molecule has 1 rings (SSSR count). The summed E-state index contributed by atoms with van der Waals surface area (Å²) in [7, 11) is 1.63. The fourth-order valence-electron chi connectivity index (χ4n) is 1.61. The van der Waals surface area contributed by atoms with E-state index >= 15 is 0 Å². The average Bonchev–Trinajstić information content (AvgIpc) is 2.42. The molecular weight excluding hydrogens is 230 g/mol. The lowest BCUT2D eigenvalue weighted by molar-refractivity contribution is 0.116. The van der Waals surface area contributed by atoms with Crippen LogP contribution in [0, 0.1) is 0 Å². The van der Waals surface area contributed by atoms with E-state index in [1.54, 1.807) is 7.11 Å². The van der Waals surface area contributed by atoms with Crippen molar-refractivity contribution in [3.8, 4) is 5.75 Å². The minimum atomic E-state index is -0.514. The fraction of sp³-hybridized carbons (Fsp3) is 0.571. The Labute approximate surface area is 109 Å². The Balaban J connectivity index is 2.37. The van der Waals surface area contributed by atoms with Crippen LogP contribution in [0.1, 0.15) is 25.5 Å². The van der Waals surface area contributed by atoms with Crippen molar-refractivity contribution in [2.75, 3.05) is 26.9 Å². The molecule has 4 nitrogen and oxygen atoms in total. The second-order valence-electron chi connectivity index (χ2n) is 4.26. The van der Waals surface area contributed by atoms with Gasteiger partial charge >= 0.3 is 0 Å². The van der Waals surface area contributed by atoms with Crippen LogP contribution < -0.4 is 10.1 Å². The van der Waals surface area contributed by atoms with Crippen LogP contribution in [0.2, 0.25) is 0 Å². The van der Waals surface area contributed by atoms with E-state index in [0.717, 1.165) is 11.3 Å². The van der Waals surface area contributed by atoms with Crippen LogP contribution in [-0.2, 0) is 4.74 Å². The van der Waals surface area contributed by atoms with Gasteiger partial charge in [-0.2, -0.15) is 0 Å². The van der Waals surface area contributed by atoms with Crippen LogP contribution >= 0.6 is 0 Å². The molecule has 0 heterocycles. The molecule has 18 heavy (non-hydrogen) atoms. The summed E-state index contributed by atoms with van der Waals surface area (Å²) in [6.45, 7) is 5.90. The molecular formula is C14H23NO3. The number of nitrogens with one attached hydrogen (secondary N) is 1. The molecule has 1 aromatic carbocycles. The first-order valence-corrected chi connectivity index (χ1v) is 6.30. The fourth-order valence-corrected chi connectivity index (χ4v) is 1.61. The van der Waals surface area contributed by atoms with Crippen LogP contribution in [0.25, 0.3) is 0 Å². The Morgan fingerprint density at radius 3 is 2.50 bits per heavy atom. The molecule has 0 aliphatic rings. The van der Waals surface area contributed by atoms with Gasteiger partial charge in [-0.25, -0.2) is 0 Å². The molecule has 0 fully saturated rings. The molecule has 0 saturated heterocycles. The van der Waals surface area contributed by atoms with E-state index in [-0.39, 0.29) is 6.04 Å². The Morgan fingerprint density at radius 1 is 1.28 bits per heavy atom. The van der Waals surface area contributed by atoms with Gasteiger partial charge in [0.25, 0.3) is 0 Å². The summed E-state index contributed by atoms with van der Waals surface area (Å²) in [5.41, 5.74) is 0.881. The van der Waals surface area contributed by atoms with E-state index in [4.69, 9.17) is 9.47 Å². The highest BCUT2D eigenvalue weighted by Gasteiger charge is 2.09. The molecule has 4 heteroatoms. The third-order valence-corrected chi connectivity index (χ3v) is 2.73. The number of aliphatic hydroxyl groups excluding tert-OH is 1. The summed E-state index contributed by atoms with van der Waals surface area (Å²) in [5, 5.41) is 13.3. The van der Waals surface area contributed by atoms with Crippen molar-refractivity contribution in [2.24, 2.45) is 0 Å². The maximum Gasteiger partial charge on any atom is 0.118 e. The molecule has 0 aromatic heterocycles. The first-order valence-electron chi connectivity index (χ1n) is 6.30. The summed E-state index contributed by atoms with van der Waals surface area (Å²) in [5.74, 6) is 0.795. The van der Waals surface area contributed by atoms with E-state index < -0.39 is 6.10 Å². The Morgan fingerprint density at radius 2 is 1.94 bits per heavy atom. The molecule has 0 aliphatic carbocycles. The van der Waals surface area contributed by atoms with Gasteiger partial charge < -0.3 is 19.9 Å². The van der Waals surface area contributed by atoms with Crippen LogP contribution in [0.3, 0.4) is 0 Å². The van der Waals surface area contributed by atoms with Crippen LogP contribution in [-0.4, -0.2) is 38.0 Å². The zero-order valence-electron chi connectivity index (χ0n) is 11.3. The molecule has 2 N–H and O–H groups in total. The molecule has 2 atom stereocenters. The Hall–Kier alpha value is -1.10. The van der Waals surface area contributed by atoms with Gasteiger partial charge in [0.15, 0.2) is 0 Å². The van der Waals surface area contributed by atoms with Crippen molar-refractivity contribution in [3.63, 3.8) is 0 Å². The monoisotopic (exact) mass is 253 g/mol. The molecule has 0 bridgehead atoms. The average molecular weight is 253 g/mol. The molecule has 102 valence electrons. The number of aliphatic hydroxyl groups is 1. The Kier molecular flexibility index (Phi) is 6.72. The first-order chi connectivity index (χ1) is 8.67. The third-order valence-electron chi connectivity index (χ3n) is 2.73. The van der Waals surface area contributed by atoms with Gasteiger partial charge in [0.2, 0.25) is 0 Å². The topological polar surface area (TPSA) is 50.7 Å². The number of benzene rings is 1. The SMILES string of the molecule is CCOCC(C)NCC(O)c1ccc(OC)cc1.